The number of hydrogen-bond donors (Lipinski definition) is 0. The number of aromatic nitrogens is 2. The maximum absolute atomic E-state index is 14.6. The van der Waals surface area contributed by atoms with Crippen LogP contribution < -0.4 is 4.90 Å². The van der Waals surface area contributed by atoms with E-state index in [2.05, 4.69) is 29.8 Å². The van der Waals surface area contributed by atoms with Gasteiger partial charge in [-0.15, -0.1) is 11.3 Å². The summed E-state index contributed by atoms with van der Waals surface area (Å²) < 4.78 is 15.8. The topological polar surface area (TPSA) is 69.6 Å². The van der Waals surface area contributed by atoms with Crippen molar-refractivity contribution < 1.29 is 14.0 Å². The molecule has 3 heterocycles. The highest BCUT2D eigenvalue weighted by Crippen LogP contribution is 2.27. The third-order valence-corrected chi connectivity index (χ3v) is 8.61. The first-order valence-electron chi connectivity index (χ1n) is 14.3. The quantitative estimate of drug-likeness (QED) is 0.286. The Kier molecular flexibility index (Phi) is 9.36. The average molecular weight is 574 g/mol. The molecular formula is C32H36FN5O2S. The summed E-state index contributed by atoms with van der Waals surface area (Å²) in [7, 11) is 0. The van der Waals surface area contributed by atoms with E-state index in [1.165, 1.54) is 12.1 Å². The van der Waals surface area contributed by atoms with Crippen LogP contribution >= 0.6 is 11.3 Å². The molecule has 2 aromatic carbocycles. The van der Waals surface area contributed by atoms with Gasteiger partial charge >= 0.3 is 0 Å². The summed E-state index contributed by atoms with van der Waals surface area (Å²) in [5.41, 5.74) is 2.54. The molecule has 5 rings (SSSR count). The van der Waals surface area contributed by atoms with Crippen molar-refractivity contribution >= 4 is 39.1 Å². The van der Waals surface area contributed by atoms with Crippen LogP contribution in [0.5, 0.6) is 0 Å². The van der Waals surface area contributed by atoms with Gasteiger partial charge in [-0.05, 0) is 75.1 Å². The number of thiazole rings is 1. The van der Waals surface area contributed by atoms with E-state index in [9.17, 15) is 14.0 Å². The molecule has 2 amide bonds. The summed E-state index contributed by atoms with van der Waals surface area (Å²) in [5.74, 6) is -0.650. The molecule has 0 unspecified atom stereocenters. The van der Waals surface area contributed by atoms with Gasteiger partial charge in [0.2, 0.25) is 5.91 Å². The number of amides is 2. The molecule has 0 bridgehead atoms. The number of anilines is 1. The SMILES string of the molecule is CC(C)N1CCCN(C(=O)c2ccccn2)c2cc(F)ccc2CN(C(=O)CCCc2nc3ccccc3s2)CC1. The standard InChI is InChI=1S/C32H36FN5O2S/c1-23(2)36-17-8-18-38(32(40)27-10-5-6-16-34-27)28-21-25(33)15-14-24(28)22-37(20-19-36)31(39)13-7-12-30-35-26-9-3-4-11-29(26)41-30/h3-6,9-11,14-16,21,23H,7-8,12-13,17-20,22H2,1-2H3. The molecule has 1 aliphatic rings. The zero-order chi connectivity index (χ0) is 28.8. The summed E-state index contributed by atoms with van der Waals surface area (Å²) in [6.07, 6.45) is 4.13. The normalized spacial score (nSPS) is 15.1. The lowest BCUT2D eigenvalue weighted by Gasteiger charge is -2.30. The van der Waals surface area contributed by atoms with Crippen LogP contribution in [-0.4, -0.2) is 63.8 Å². The average Bonchev–Trinajstić information content (AvgIpc) is 3.38. The Morgan fingerprint density at radius 2 is 1.83 bits per heavy atom. The Labute approximate surface area is 244 Å². The van der Waals surface area contributed by atoms with Gasteiger partial charge in [-0.25, -0.2) is 9.37 Å². The molecule has 2 aromatic heterocycles. The van der Waals surface area contributed by atoms with Gasteiger partial charge in [0, 0.05) is 51.4 Å². The Hall–Kier alpha value is -3.69. The smallest absolute Gasteiger partial charge is 0.276 e. The van der Waals surface area contributed by atoms with E-state index in [1.807, 2.05) is 23.1 Å². The molecular weight excluding hydrogens is 537 g/mol. The fraction of sp³-hybridized carbons (Fsp3) is 0.375. The first kappa shape index (κ1) is 28.8. The molecule has 41 heavy (non-hydrogen) atoms. The number of carbonyl (C=O) groups excluding carboxylic acids is 2. The minimum atomic E-state index is -0.421. The van der Waals surface area contributed by atoms with Crippen molar-refractivity contribution in [2.45, 2.75) is 52.1 Å². The largest absolute Gasteiger partial charge is 0.337 e. The van der Waals surface area contributed by atoms with E-state index in [0.717, 1.165) is 40.3 Å². The monoisotopic (exact) mass is 573 g/mol. The first-order valence-corrected chi connectivity index (χ1v) is 15.1. The van der Waals surface area contributed by atoms with E-state index in [4.69, 9.17) is 4.98 Å². The molecule has 7 nitrogen and oxygen atoms in total. The second-order valence-electron chi connectivity index (χ2n) is 10.7. The second kappa shape index (κ2) is 13.3. The molecule has 1 aliphatic heterocycles. The minimum absolute atomic E-state index is 0.0481. The number of para-hydroxylation sites is 1. The van der Waals surface area contributed by atoms with E-state index < -0.39 is 5.82 Å². The van der Waals surface area contributed by atoms with Crippen LogP contribution in [0.4, 0.5) is 10.1 Å². The molecule has 0 atom stereocenters. The predicted octanol–water partition coefficient (Wildman–Crippen LogP) is 5.94. The van der Waals surface area contributed by atoms with E-state index in [1.54, 1.807) is 46.7 Å². The van der Waals surface area contributed by atoms with Gasteiger partial charge in [0.25, 0.3) is 5.91 Å². The number of halogens is 1. The fourth-order valence-corrected chi connectivity index (χ4v) is 6.27. The second-order valence-corrected chi connectivity index (χ2v) is 11.8. The van der Waals surface area contributed by atoms with Gasteiger partial charge in [-0.3, -0.25) is 19.5 Å². The highest BCUT2D eigenvalue weighted by molar-refractivity contribution is 7.18. The number of fused-ring (bicyclic) bond motifs is 2. The zero-order valence-corrected chi connectivity index (χ0v) is 24.4. The van der Waals surface area contributed by atoms with Crippen molar-refractivity contribution in [2.75, 3.05) is 31.1 Å². The van der Waals surface area contributed by atoms with E-state index in [0.29, 0.717) is 50.3 Å². The van der Waals surface area contributed by atoms with Crippen LogP contribution in [0.25, 0.3) is 10.2 Å². The summed E-state index contributed by atoms with van der Waals surface area (Å²) in [5, 5.41) is 1.03. The highest BCUT2D eigenvalue weighted by Gasteiger charge is 2.26. The van der Waals surface area contributed by atoms with Crippen molar-refractivity contribution in [3.8, 4) is 0 Å². The van der Waals surface area contributed by atoms with Crippen LogP contribution in [0.15, 0.2) is 66.9 Å². The highest BCUT2D eigenvalue weighted by atomic mass is 32.1. The number of pyridine rings is 1. The molecule has 0 saturated carbocycles. The van der Waals surface area contributed by atoms with Crippen molar-refractivity contribution in [1.82, 2.24) is 19.8 Å². The fourth-order valence-electron chi connectivity index (χ4n) is 5.26. The molecule has 214 valence electrons. The Morgan fingerprint density at radius 1 is 1.00 bits per heavy atom. The Bertz CT molecular complexity index is 1460. The molecule has 9 heteroatoms. The van der Waals surface area contributed by atoms with Gasteiger partial charge in [0.1, 0.15) is 11.5 Å². The summed E-state index contributed by atoms with van der Waals surface area (Å²) >= 11 is 1.67. The lowest BCUT2D eigenvalue weighted by Crippen LogP contribution is -2.41. The molecule has 0 saturated heterocycles. The molecule has 0 fully saturated rings. The van der Waals surface area contributed by atoms with Gasteiger partial charge in [0.15, 0.2) is 0 Å². The van der Waals surface area contributed by atoms with Crippen molar-refractivity contribution in [3.05, 3.63) is 88.9 Å². The number of nitrogens with zero attached hydrogens (tertiary/aromatic N) is 5. The van der Waals surface area contributed by atoms with Crippen LogP contribution in [-0.2, 0) is 17.8 Å². The van der Waals surface area contributed by atoms with Crippen LogP contribution in [0.2, 0.25) is 0 Å². The van der Waals surface area contributed by atoms with Crippen LogP contribution in [0.1, 0.15) is 54.2 Å². The van der Waals surface area contributed by atoms with Crippen LogP contribution in [0, 0.1) is 5.82 Å². The maximum Gasteiger partial charge on any atom is 0.276 e. The number of hydrogen-bond acceptors (Lipinski definition) is 6. The number of rotatable bonds is 6. The summed E-state index contributed by atoms with van der Waals surface area (Å²) in [4.78, 5) is 42.0. The van der Waals surface area contributed by atoms with Crippen LogP contribution in [0.3, 0.4) is 0 Å². The predicted molar refractivity (Wildman–Crippen MR) is 162 cm³/mol. The summed E-state index contributed by atoms with van der Waals surface area (Å²) in [6, 6.07) is 18.1. The molecule has 4 aromatic rings. The number of aryl methyl sites for hydroxylation is 1. The summed E-state index contributed by atoms with van der Waals surface area (Å²) in [6.45, 7) is 7.05. The van der Waals surface area contributed by atoms with Crippen molar-refractivity contribution in [1.29, 1.82) is 0 Å². The molecule has 0 aliphatic carbocycles. The maximum atomic E-state index is 14.6. The van der Waals surface area contributed by atoms with Gasteiger partial charge < -0.3 is 9.80 Å². The third-order valence-electron chi connectivity index (χ3n) is 7.52. The van der Waals surface area contributed by atoms with E-state index in [-0.39, 0.29) is 17.9 Å². The molecule has 0 N–H and O–H groups in total. The van der Waals surface area contributed by atoms with E-state index >= 15 is 0 Å². The zero-order valence-electron chi connectivity index (χ0n) is 23.6. The van der Waals surface area contributed by atoms with Gasteiger partial charge in [-0.1, -0.05) is 24.3 Å². The molecule has 0 spiro atoms. The lowest BCUT2D eigenvalue weighted by molar-refractivity contribution is -0.132. The lowest BCUT2D eigenvalue weighted by atomic mass is 10.1. The number of benzene rings is 2. The Morgan fingerprint density at radius 3 is 2.61 bits per heavy atom. The van der Waals surface area contributed by atoms with Crippen molar-refractivity contribution in [3.63, 3.8) is 0 Å². The van der Waals surface area contributed by atoms with Gasteiger partial charge in [-0.2, -0.15) is 0 Å². The van der Waals surface area contributed by atoms with Crippen molar-refractivity contribution in [2.24, 2.45) is 0 Å². The third kappa shape index (κ3) is 7.15. The Balaban J connectivity index is 1.38. The first-order chi connectivity index (χ1) is 19.9. The molecule has 0 radical (unpaired) electrons. The number of carbonyl (C=O) groups is 2. The van der Waals surface area contributed by atoms with Gasteiger partial charge in [0.05, 0.1) is 20.9 Å². The minimum Gasteiger partial charge on any atom is -0.337 e.